The van der Waals surface area contributed by atoms with Crippen LogP contribution in [-0.2, 0) is 9.84 Å². The predicted octanol–water partition coefficient (Wildman–Crippen LogP) is 6.30. The van der Waals surface area contributed by atoms with Crippen LogP contribution in [0.25, 0.3) is 0 Å². The van der Waals surface area contributed by atoms with Crippen LogP contribution in [0, 0.1) is 0 Å². The summed E-state index contributed by atoms with van der Waals surface area (Å²) < 4.78 is 5.38. The summed E-state index contributed by atoms with van der Waals surface area (Å²) in [6.45, 7) is 3.78. The Morgan fingerprint density at radius 1 is 0.524 bits per heavy atom. The SMILES string of the molecule is CCCCCCCCCCCCCCCCOCCC[O]. The maximum atomic E-state index is 10.2. The molecule has 0 spiro atoms. The van der Waals surface area contributed by atoms with Crippen molar-refractivity contribution in [3.05, 3.63) is 0 Å². The summed E-state index contributed by atoms with van der Waals surface area (Å²) in [5, 5.41) is 10.2. The molecule has 0 rings (SSSR count). The van der Waals surface area contributed by atoms with Crippen LogP contribution in [0.3, 0.4) is 0 Å². The molecule has 0 aromatic carbocycles. The van der Waals surface area contributed by atoms with Crippen molar-refractivity contribution in [2.45, 2.75) is 103 Å². The topological polar surface area (TPSA) is 29.1 Å². The van der Waals surface area contributed by atoms with E-state index in [2.05, 4.69) is 6.92 Å². The van der Waals surface area contributed by atoms with Crippen LogP contribution in [0.1, 0.15) is 103 Å². The van der Waals surface area contributed by atoms with Gasteiger partial charge in [-0.05, 0) is 12.8 Å². The molecular formula is C19H39O2. The fourth-order valence-electron chi connectivity index (χ4n) is 2.66. The van der Waals surface area contributed by atoms with Crippen LogP contribution in [0.15, 0.2) is 0 Å². The highest BCUT2D eigenvalue weighted by Gasteiger charge is 1.94. The molecule has 21 heavy (non-hydrogen) atoms. The van der Waals surface area contributed by atoms with E-state index in [9.17, 15) is 5.11 Å². The Kier molecular flexibility index (Phi) is 19.8. The second-order valence-corrected chi connectivity index (χ2v) is 6.27. The molecular weight excluding hydrogens is 260 g/mol. The van der Waals surface area contributed by atoms with Crippen molar-refractivity contribution >= 4 is 0 Å². The molecule has 0 unspecified atom stereocenters. The molecule has 0 fully saturated rings. The Bertz CT molecular complexity index is 153. The van der Waals surface area contributed by atoms with Crippen molar-refractivity contribution in [2.24, 2.45) is 0 Å². The number of ether oxygens (including phenoxy) is 1. The summed E-state index contributed by atoms with van der Waals surface area (Å²) in [7, 11) is 0. The smallest absolute Gasteiger partial charge is 0.0844 e. The van der Waals surface area contributed by atoms with Crippen molar-refractivity contribution in [3.8, 4) is 0 Å². The van der Waals surface area contributed by atoms with E-state index in [1.54, 1.807) is 0 Å². The lowest BCUT2D eigenvalue weighted by Gasteiger charge is -2.04. The van der Waals surface area contributed by atoms with Crippen LogP contribution in [0.4, 0.5) is 0 Å². The molecule has 0 aromatic heterocycles. The Balaban J connectivity index is 2.90. The van der Waals surface area contributed by atoms with Crippen LogP contribution in [0.5, 0.6) is 0 Å². The van der Waals surface area contributed by atoms with Gasteiger partial charge in [-0.15, -0.1) is 0 Å². The van der Waals surface area contributed by atoms with Gasteiger partial charge in [0.1, 0.15) is 0 Å². The van der Waals surface area contributed by atoms with Gasteiger partial charge in [0.15, 0.2) is 0 Å². The molecule has 0 aliphatic heterocycles. The third-order valence-corrected chi connectivity index (χ3v) is 4.08. The van der Waals surface area contributed by atoms with Crippen LogP contribution in [0.2, 0.25) is 0 Å². The van der Waals surface area contributed by atoms with Gasteiger partial charge in [0, 0.05) is 13.2 Å². The minimum absolute atomic E-state index is 0.00125. The molecule has 0 aromatic rings. The summed E-state index contributed by atoms with van der Waals surface area (Å²) in [5.41, 5.74) is 0. The molecule has 0 heterocycles. The molecule has 127 valence electrons. The zero-order chi connectivity index (χ0) is 15.4. The van der Waals surface area contributed by atoms with E-state index in [-0.39, 0.29) is 6.61 Å². The Hall–Kier alpha value is -0.0800. The quantitative estimate of drug-likeness (QED) is 0.273. The average Bonchev–Trinajstić information content (AvgIpc) is 2.50. The van der Waals surface area contributed by atoms with Gasteiger partial charge in [-0.1, -0.05) is 90.4 Å². The van der Waals surface area contributed by atoms with E-state index < -0.39 is 0 Å². The monoisotopic (exact) mass is 299 g/mol. The number of hydrogen-bond acceptors (Lipinski definition) is 1. The molecule has 0 aliphatic rings. The molecule has 0 N–H and O–H groups in total. The van der Waals surface area contributed by atoms with Crippen LogP contribution < -0.4 is 0 Å². The molecule has 1 radical (unpaired) electrons. The summed E-state index contributed by atoms with van der Waals surface area (Å²) in [6.07, 6.45) is 20.1. The molecule has 0 aliphatic carbocycles. The van der Waals surface area contributed by atoms with Crippen molar-refractivity contribution in [1.29, 1.82) is 0 Å². The third-order valence-electron chi connectivity index (χ3n) is 4.08. The lowest BCUT2D eigenvalue weighted by atomic mass is 10.0. The van der Waals surface area contributed by atoms with Gasteiger partial charge in [0.05, 0.1) is 6.61 Å². The van der Waals surface area contributed by atoms with Crippen molar-refractivity contribution in [3.63, 3.8) is 0 Å². The minimum Gasteiger partial charge on any atom is -0.381 e. The van der Waals surface area contributed by atoms with Gasteiger partial charge in [-0.3, -0.25) is 0 Å². The molecule has 2 nitrogen and oxygen atoms in total. The Morgan fingerprint density at radius 3 is 1.33 bits per heavy atom. The lowest BCUT2D eigenvalue weighted by Crippen LogP contribution is -1.98. The number of unbranched alkanes of at least 4 members (excludes halogenated alkanes) is 13. The fourth-order valence-corrected chi connectivity index (χ4v) is 2.66. The molecule has 0 saturated heterocycles. The standard InChI is InChI=1S/C19H39O2/c1-2-3-4-5-6-7-8-9-10-11-12-13-14-15-18-21-19-16-17-20/h2-19H2,1H3. The maximum Gasteiger partial charge on any atom is 0.0844 e. The zero-order valence-electron chi connectivity index (χ0n) is 14.5. The van der Waals surface area contributed by atoms with E-state index in [4.69, 9.17) is 4.74 Å². The Labute approximate surface area is 133 Å². The summed E-state index contributed by atoms with van der Waals surface area (Å²) in [5.74, 6) is 0. The van der Waals surface area contributed by atoms with Gasteiger partial charge >= 0.3 is 0 Å². The average molecular weight is 300 g/mol. The second-order valence-electron chi connectivity index (χ2n) is 6.27. The summed E-state index contributed by atoms with van der Waals surface area (Å²) in [6, 6.07) is 0. The molecule has 0 amide bonds. The molecule has 0 bridgehead atoms. The van der Waals surface area contributed by atoms with Gasteiger partial charge in [-0.25, -0.2) is 5.11 Å². The second kappa shape index (κ2) is 19.9. The van der Waals surface area contributed by atoms with E-state index in [1.807, 2.05) is 0 Å². The summed E-state index contributed by atoms with van der Waals surface area (Å²) in [4.78, 5) is 0. The first kappa shape index (κ1) is 20.9. The molecule has 2 heteroatoms. The maximum absolute atomic E-state index is 10.2. The van der Waals surface area contributed by atoms with Gasteiger partial charge in [-0.2, -0.15) is 0 Å². The summed E-state index contributed by atoms with van der Waals surface area (Å²) >= 11 is 0. The van der Waals surface area contributed by atoms with Crippen LogP contribution >= 0.6 is 0 Å². The predicted molar refractivity (Wildman–Crippen MR) is 91.3 cm³/mol. The molecule has 0 saturated carbocycles. The highest BCUT2D eigenvalue weighted by atomic mass is 16.5. The van der Waals surface area contributed by atoms with Gasteiger partial charge in [0.25, 0.3) is 0 Å². The van der Waals surface area contributed by atoms with E-state index in [0.29, 0.717) is 13.0 Å². The zero-order valence-corrected chi connectivity index (χ0v) is 14.5. The molecule has 0 atom stereocenters. The van der Waals surface area contributed by atoms with Crippen molar-refractivity contribution in [1.82, 2.24) is 0 Å². The fraction of sp³-hybridized carbons (Fsp3) is 1.00. The minimum atomic E-state index is -0.00125. The van der Waals surface area contributed by atoms with Gasteiger partial charge < -0.3 is 4.74 Å². The normalized spacial score (nSPS) is 11.1. The van der Waals surface area contributed by atoms with E-state index in [1.165, 1.54) is 83.5 Å². The lowest BCUT2D eigenvalue weighted by molar-refractivity contribution is 0.0964. The van der Waals surface area contributed by atoms with Crippen LogP contribution in [-0.4, -0.2) is 19.8 Å². The number of rotatable bonds is 18. The van der Waals surface area contributed by atoms with E-state index in [0.717, 1.165) is 13.0 Å². The largest absolute Gasteiger partial charge is 0.381 e. The van der Waals surface area contributed by atoms with Crippen molar-refractivity contribution < 1.29 is 9.84 Å². The van der Waals surface area contributed by atoms with Crippen molar-refractivity contribution in [2.75, 3.05) is 19.8 Å². The first-order chi connectivity index (χ1) is 10.4. The van der Waals surface area contributed by atoms with Gasteiger partial charge in [0.2, 0.25) is 0 Å². The highest BCUT2D eigenvalue weighted by Crippen LogP contribution is 2.12. The van der Waals surface area contributed by atoms with E-state index >= 15 is 0 Å². The first-order valence-electron chi connectivity index (χ1n) is 9.57. The first-order valence-corrected chi connectivity index (χ1v) is 9.57. The Morgan fingerprint density at radius 2 is 0.905 bits per heavy atom. The highest BCUT2D eigenvalue weighted by molar-refractivity contribution is 4.49. The number of hydrogen-bond donors (Lipinski definition) is 0. The third kappa shape index (κ3) is 19.9.